The van der Waals surface area contributed by atoms with Crippen LogP contribution in [0.25, 0.3) is 0 Å². The summed E-state index contributed by atoms with van der Waals surface area (Å²) in [5.74, 6) is 1.97. The van der Waals surface area contributed by atoms with Gasteiger partial charge >= 0.3 is 0 Å². The third kappa shape index (κ3) is 4.53. The van der Waals surface area contributed by atoms with Crippen molar-refractivity contribution in [3.63, 3.8) is 0 Å². The summed E-state index contributed by atoms with van der Waals surface area (Å²) in [6, 6.07) is 14.3. The van der Waals surface area contributed by atoms with Crippen LogP contribution in [0.3, 0.4) is 0 Å². The minimum absolute atomic E-state index is 0.641. The molecule has 0 aliphatic heterocycles. The lowest BCUT2D eigenvalue weighted by molar-refractivity contribution is -0.363. The normalized spacial score (nSPS) is 10.5. The molecule has 0 amide bonds. The van der Waals surface area contributed by atoms with Gasteiger partial charge in [-0.2, -0.15) is 0 Å². The molecule has 0 saturated heterocycles. The SMILES string of the molecule is CN(CCOc1ccc(Cc2cn[c-]s2)cc1)c1cccc[nH+]1. The first kappa shape index (κ1) is 15.5. The number of ether oxygens (including phenoxy) is 1. The minimum Gasteiger partial charge on any atom is -0.490 e. The zero-order valence-corrected chi connectivity index (χ0v) is 13.8. The summed E-state index contributed by atoms with van der Waals surface area (Å²) in [4.78, 5) is 10.5. The highest BCUT2D eigenvalue weighted by atomic mass is 32.1. The van der Waals surface area contributed by atoms with Crippen LogP contribution in [0.1, 0.15) is 10.4 Å². The standard InChI is InChI=1S/C18H18N3OS/c1-21(18-4-2-3-9-20-18)10-11-22-16-7-5-15(6-8-16)12-17-13-19-14-23-17/h2-9,13H,10-12H2,1H3/q-1/p+1. The fourth-order valence-electron chi connectivity index (χ4n) is 2.24. The number of H-pyrrole nitrogens is 1. The van der Waals surface area contributed by atoms with Crippen molar-refractivity contribution in [2.45, 2.75) is 6.42 Å². The molecule has 1 N–H and O–H groups in total. The second-order valence-electron chi connectivity index (χ2n) is 5.26. The molecule has 2 heterocycles. The number of aromatic amines is 1. The number of pyridine rings is 1. The Morgan fingerprint density at radius 1 is 1.22 bits per heavy atom. The second kappa shape index (κ2) is 7.74. The summed E-state index contributed by atoms with van der Waals surface area (Å²) in [6.07, 6.45) is 4.69. The first-order valence-corrected chi connectivity index (χ1v) is 8.33. The lowest BCUT2D eigenvalue weighted by Crippen LogP contribution is -2.28. The van der Waals surface area contributed by atoms with Crippen LogP contribution in [0.4, 0.5) is 5.82 Å². The van der Waals surface area contributed by atoms with Crippen molar-refractivity contribution in [1.29, 1.82) is 0 Å². The minimum atomic E-state index is 0.641. The molecule has 3 rings (SSSR count). The number of rotatable bonds is 7. The van der Waals surface area contributed by atoms with Gasteiger partial charge in [-0.1, -0.05) is 23.8 Å². The lowest BCUT2D eigenvalue weighted by atomic mass is 10.1. The van der Waals surface area contributed by atoms with E-state index < -0.39 is 0 Å². The first-order chi connectivity index (χ1) is 11.3. The fraction of sp³-hybridized carbons (Fsp3) is 0.222. The molecule has 23 heavy (non-hydrogen) atoms. The molecule has 2 aromatic heterocycles. The van der Waals surface area contributed by atoms with Crippen LogP contribution < -0.4 is 14.6 Å². The average Bonchev–Trinajstić information content (AvgIpc) is 3.10. The number of nitrogens with one attached hydrogen (secondary N) is 1. The molecule has 0 radical (unpaired) electrons. The molecule has 118 valence electrons. The van der Waals surface area contributed by atoms with Crippen molar-refractivity contribution < 1.29 is 9.72 Å². The monoisotopic (exact) mass is 325 g/mol. The van der Waals surface area contributed by atoms with Crippen LogP contribution in [0.5, 0.6) is 5.75 Å². The third-order valence-corrected chi connectivity index (χ3v) is 4.25. The highest BCUT2D eigenvalue weighted by Gasteiger charge is 2.08. The predicted molar refractivity (Wildman–Crippen MR) is 92.0 cm³/mol. The van der Waals surface area contributed by atoms with Gasteiger partial charge in [0, 0.05) is 6.07 Å². The van der Waals surface area contributed by atoms with Crippen LogP contribution in [-0.2, 0) is 6.42 Å². The summed E-state index contributed by atoms with van der Waals surface area (Å²) >= 11 is 1.56. The van der Waals surface area contributed by atoms with Gasteiger partial charge in [-0.25, -0.2) is 4.98 Å². The van der Waals surface area contributed by atoms with E-state index in [1.807, 2.05) is 49.8 Å². The molecular weight excluding hydrogens is 306 g/mol. The number of aromatic nitrogens is 2. The largest absolute Gasteiger partial charge is 0.490 e. The van der Waals surface area contributed by atoms with E-state index >= 15 is 0 Å². The van der Waals surface area contributed by atoms with Gasteiger partial charge in [-0.3, -0.25) is 16.2 Å². The first-order valence-electron chi connectivity index (χ1n) is 7.51. The summed E-state index contributed by atoms with van der Waals surface area (Å²) < 4.78 is 5.82. The zero-order chi connectivity index (χ0) is 15.9. The highest BCUT2D eigenvalue weighted by Crippen LogP contribution is 2.17. The number of hydrogen-bond acceptors (Lipinski definition) is 4. The molecule has 0 saturated carbocycles. The van der Waals surface area contributed by atoms with E-state index in [9.17, 15) is 0 Å². The smallest absolute Gasteiger partial charge is 0.274 e. The zero-order valence-electron chi connectivity index (χ0n) is 13.0. The molecule has 5 heteroatoms. The van der Waals surface area contributed by atoms with Crippen LogP contribution >= 0.6 is 11.3 Å². The Morgan fingerprint density at radius 3 is 2.78 bits per heavy atom. The molecular formula is C18H19N3OS. The van der Waals surface area contributed by atoms with Crippen molar-refractivity contribution in [1.82, 2.24) is 4.98 Å². The summed E-state index contributed by atoms with van der Waals surface area (Å²) in [7, 11) is 2.05. The number of likely N-dealkylation sites (N-methyl/N-ethyl adjacent to an activating group) is 1. The maximum absolute atomic E-state index is 5.82. The quantitative estimate of drug-likeness (QED) is 0.627. The van der Waals surface area contributed by atoms with Crippen molar-refractivity contribution in [2.75, 3.05) is 25.1 Å². The Balaban J connectivity index is 1.47. The Labute approximate surface area is 140 Å². The molecule has 0 atom stereocenters. The number of anilines is 1. The van der Waals surface area contributed by atoms with E-state index in [1.165, 1.54) is 10.4 Å². The van der Waals surface area contributed by atoms with E-state index in [4.69, 9.17) is 4.74 Å². The molecule has 0 fully saturated rings. The topological polar surface area (TPSA) is 39.5 Å². The Morgan fingerprint density at radius 2 is 2.09 bits per heavy atom. The van der Waals surface area contributed by atoms with Gasteiger partial charge in [0.15, 0.2) is 0 Å². The van der Waals surface area contributed by atoms with Gasteiger partial charge in [-0.15, -0.1) is 11.1 Å². The van der Waals surface area contributed by atoms with Gasteiger partial charge in [-0.05, 0) is 30.1 Å². The number of nitrogens with zero attached hydrogens (tertiary/aromatic N) is 2. The van der Waals surface area contributed by atoms with E-state index in [2.05, 4.69) is 32.5 Å². The average molecular weight is 325 g/mol. The van der Waals surface area contributed by atoms with Crippen molar-refractivity contribution >= 4 is 17.2 Å². The van der Waals surface area contributed by atoms with Crippen LogP contribution in [-0.4, -0.2) is 25.2 Å². The van der Waals surface area contributed by atoms with E-state index in [-0.39, 0.29) is 0 Å². The van der Waals surface area contributed by atoms with Crippen molar-refractivity contribution in [3.8, 4) is 5.75 Å². The Hall–Kier alpha value is -2.40. The molecule has 1 aromatic carbocycles. The molecule has 4 nitrogen and oxygen atoms in total. The van der Waals surface area contributed by atoms with E-state index in [1.54, 1.807) is 11.3 Å². The Kier molecular flexibility index (Phi) is 5.21. The number of benzene rings is 1. The van der Waals surface area contributed by atoms with Gasteiger partial charge in [0.05, 0.1) is 13.2 Å². The lowest BCUT2D eigenvalue weighted by Gasteiger charge is -2.12. The maximum atomic E-state index is 5.82. The molecule has 0 bridgehead atoms. The fourth-order valence-corrected chi connectivity index (χ4v) is 2.81. The summed E-state index contributed by atoms with van der Waals surface area (Å²) in [6.45, 7) is 1.46. The van der Waals surface area contributed by atoms with Crippen LogP contribution in [0.15, 0.2) is 54.9 Å². The second-order valence-corrected chi connectivity index (χ2v) is 6.17. The number of thiazole rings is 1. The van der Waals surface area contributed by atoms with Crippen LogP contribution in [0, 0.1) is 5.51 Å². The Bertz CT molecular complexity index is 699. The number of hydrogen-bond donors (Lipinski definition) is 0. The predicted octanol–water partition coefficient (Wildman–Crippen LogP) is 2.86. The van der Waals surface area contributed by atoms with Gasteiger partial charge in [0.25, 0.3) is 5.82 Å². The summed E-state index contributed by atoms with van der Waals surface area (Å²) in [5, 5.41) is 0. The molecule has 0 unspecified atom stereocenters. The maximum Gasteiger partial charge on any atom is 0.274 e. The van der Waals surface area contributed by atoms with Crippen LogP contribution in [0.2, 0.25) is 0 Å². The summed E-state index contributed by atoms with van der Waals surface area (Å²) in [5.41, 5.74) is 4.13. The molecule has 0 spiro atoms. The highest BCUT2D eigenvalue weighted by molar-refractivity contribution is 7.09. The van der Waals surface area contributed by atoms with Gasteiger partial charge < -0.3 is 9.72 Å². The molecule has 0 aliphatic carbocycles. The van der Waals surface area contributed by atoms with Gasteiger partial charge in [0.2, 0.25) is 0 Å². The van der Waals surface area contributed by atoms with Crippen molar-refractivity contribution in [3.05, 3.63) is 70.8 Å². The van der Waals surface area contributed by atoms with E-state index in [0.29, 0.717) is 6.61 Å². The van der Waals surface area contributed by atoms with Gasteiger partial charge in [0.1, 0.15) is 18.9 Å². The third-order valence-electron chi connectivity index (χ3n) is 3.54. The van der Waals surface area contributed by atoms with Crippen molar-refractivity contribution in [2.24, 2.45) is 0 Å². The molecule has 0 aliphatic rings. The molecule has 3 aromatic rings. The van der Waals surface area contributed by atoms with E-state index in [0.717, 1.165) is 24.5 Å².